The zero-order valence-electron chi connectivity index (χ0n) is 12.4. The molecule has 2 amide bonds. The van der Waals surface area contributed by atoms with E-state index < -0.39 is 16.7 Å². The first-order chi connectivity index (χ1) is 10.9. The Kier molecular flexibility index (Phi) is 4.70. The Hall–Kier alpha value is -3.22. The Morgan fingerprint density at radius 1 is 1.13 bits per heavy atom. The molecule has 0 heterocycles. The second-order valence-electron chi connectivity index (χ2n) is 4.97. The van der Waals surface area contributed by atoms with Gasteiger partial charge in [-0.2, -0.15) is 0 Å². The fraction of sp³-hybridized carbons (Fsp3) is 0.125. The number of carbonyl (C=O) groups is 2. The number of rotatable bonds is 5. The quantitative estimate of drug-likeness (QED) is 0.651. The molecule has 0 bridgehead atoms. The van der Waals surface area contributed by atoms with Crippen LogP contribution in [0.3, 0.4) is 0 Å². The molecule has 2 rings (SSSR count). The maximum Gasteiger partial charge on any atom is 0.269 e. The Balaban J connectivity index is 2.17. The number of nitrogens with zero attached hydrogens (tertiary/aromatic N) is 1. The second kappa shape index (κ2) is 6.69. The summed E-state index contributed by atoms with van der Waals surface area (Å²) in [6.45, 7) is 1.67. The van der Waals surface area contributed by atoms with Gasteiger partial charge in [0.15, 0.2) is 0 Å². The Morgan fingerprint density at radius 3 is 2.30 bits per heavy atom. The fourth-order valence-electron chi connectivity index (χ4n) is 2.08. The molecular weight excluding hydrogens is 298 g/mol. The van der Waals surface area contributed by atoms with E-state index in [-0.39, 0.29) is 17.2 Å². The van der Waals surface area contributed by atoms with Gasteiger partial charge in [-0.15, -0.1) is 0 Å². The first kappa shape index (κ1) is 16.2. The molecular formula is C16H15N3O4. The highest BCUT2D eigenvalue weighted by atomic mass is 16.6. The van der Waals surface area contributed by atoms with Gasteiger partial charge in [0.1, 0.15) is 0 Å². The van der Waals surface area contributed by atoms with E-state index in [0.29, 0.717) is 11.3 Å². The molecule has 3 N–H and O–H groups in total. The van der Waals surface area contributed by atoms with E-state index in [1.807, 2.05) is 0 Å². The summed E-state index contributed by atoms with van der Waals surface area (Å²) >= 11 is 0. The van der Waals surface area contributed by atoms with Gasteiger partial charge in [0, 0.05) is 12.1 Å². The molecule has 7 nitrogen and oxygen atoms in total. The lowest BCUT2D eigenvalue weighted by atomic mass is 9.99. The van der Waals surface area contributed by atoms with Gasteiger partial charge >= 0.3 is 0 Å². The third-order valence-corrected chi connectivity index (χ3v) is 3.45. The number of para-hydroxylation sites is 1. The molecule has 0 aliphatic heterocycles. The highest BCUT2D eigenvalue weighted by Crippen LogP contribution is 2.22. The van der Waals surface area contributed by atoms with E-state index in [9.17, 15) is 19.7 Å². The molecule has 0 aromatic heterocycles. The summed E-state index contributed by atoms with van der Waals surface area (Å²) in [6.07, 6.45) is 0. The molecule has 0 spiro atoms. The number of carbonyl (C=O) groups excluding carboxylic acids is 2. The third-order valence-electron chi connectivity index (χ3n) is 3.45. The zero-order valence-corrected chi connectivity index (χ0v) is 12.4. The first-order valence-electron chi connectivity index (χ1n) is 6.84. The average Bonchev–Trinajstić information content (AvgIpc) is 2.54. The number of hydrogen-bond acceptors (Lipinski definition) is 4. The van der Waals surface area contributed by atoms with Gasteiger partial charge in [0.2, 0.25) is 5.91 Å². The number of nitro groups is 1. The predicted octanol–water partition coefficient (Wildman–Crippen LogP) is 2.44. The molecule has 0 aliphatic carbocycles. The summed E-state index contributed by atoms with van der Waals surface area (Å²) < 4.78 is 0. The summed E-state index contributed by atoms with van der Waals surface area (Å²) in [5, 5.41) is 13.3. The number of nitrogens with one attached hydrogen (secondary N) is 1. The zero-order chi connectivity index (χ0) is 17.0. The molecule has 0 saturated heterocycles. The van der Waals surface area contributed by atoms with Crippen LogP contribution in [-0.2, 0) is 4.79 Å². The molecule has 0 radical (unpaired) electrons. The average molecular weight is 313 g/mol. The minimum absolute atomic E-state index is 0.0413. The summed E-state index contributed by atoms with van der Waals surface area (Å²) in [7, 11) is 0. The number of hydrogen-bond donors (Lipinski definition) is 2. The highest BCUT2D eigenvalue weighted by Gasteiger charge is 2.18. The molecule has 0 aliphatic rings. The van der Waals surface area contributed by atoms with Crippen molar-refractivity contribution < 1.29 is 14.5 Å². The molecule has 0 unspecified atom stereocenters. The number of benzene rings is 2. The summed E-state index contributed by atoms with van der Waals surface area (Å²) in [5.74, 6) is -1.52. The molecule has 0 saturated carbocycles. The number of nitrogens with two attached hydrogens (primary N) is 1. The number of nitro benzene ring substituents is 1. The van der Waals surface area contributed by atoms with Crippen molar-refractivity contribution in [2.45, 2.75) is 12.8 Å². The molecule has 118 valence electrons. The Labute approximate surface area is 132 Å². The number of amides is 2. The second-order valence-corrected chi connectivity index (χ2v) is 4.97. The minimum Gasteiger partial charge on any atom is -0.366 e. The van der Waals surface area contributed by atoms with Gasteiger partial charge in [0.25, 0.3) is 11.6 Å². The molecule has 1 atom stereocenters. The Morgan fingerprint density at radius 2 is 1.74 bits per heavy atom. The van der Waals surface area contributed by atoms with Crippen LogP contribution in [-0.4, -0.2) is 16.7 Å². The van der Waals surface area contributed by atoms with Gasteiger partial charge in [0.05, 0.1) is 22.1 Å². The lowest BCUT2D eigenvalue weighted by Crippen LogP contribution is -2.22. The fourth-order valence-corrected chi connectivity index (χ4v) is 2.08. The van der Waals surface area contributed by atoms with Gasteiger partial charge in [-0.1, -0.05) is 24.3 Å². The maximum atomic E-state index is 12.3. The van der Waals surface area contributed by atoms with Crippen LogP contribution in [0.1, 0.15) is 28.8 Å². The number of non-ortho nitro benzene ring substituents is 1. The van der Waals surface area contributed by atoms with Crippen LogP contribution in [0, 0.1) is 10.1 Å². The first-order valence-corrected chi connectivity index (χ1v) is 6.84. The van der Waals surface area contributed by atoms with Crippen molar-refractivity contribution in [2.24, 2.45) is 5.73 Å². The van der Waals surface area contributed by atoms with E-state index in [2.05, 4.69) is 5.32 Å². The van der Waals surface area contributed by atoms with Crippen molar-refractivity contribution in [3.63, 3.8) is 0 Å². The van der Waals surface area contributed by atoms with Crippen LogP contribution in [0.2, 0.25) is 0 Å². The molecule has 0 fully saturated rings. The molecule has 2 aromatic carbocycles. The summed E-state index contributed by atoms with van der Waals surface area (Å²) in [5.41, 5.74) is 6.41. The van der Waals surface area contributed by atoms with Crippen LogP contribution in [0.15, 0.2) is 48.5 Å². The van der Waals surface area contributed by atoms with E-state index in [1.165, 1.54) is 30.3 Å². The normalized spacial score (nSPS) is 11.5. The lowest BCUT2D eigenvalue weighted by molar-refractivity contribution is -0.384. The highest BCUT2D eigenvalue weighted by molar-refractivity contribution is 6.04. The van der Waals surface area contributed by atoms with E-state index >= 15 is 0 Å². The maximum absolute atomic E-state index is 12.3. The summed E-state index contributed by atoms with van der Waals surface area (Å²) in [6, 6.07) is 12.2. The largest absolute Gasteiger partial charge is 0.366 e. The molecule has 2 aromatic rings. The van der Waals surface area contributed by atoms with Crippen LogP contribution in [0.25, 0.3) is 0 Å². The minimum atomic E-state index is -0.635. The number of primary amides is 1. The SMILES string of the molecule is C[C@H](C(=O)Nc1ccccc1C(N)=O)c1ccc([N+](=O)[O-])cc1. The van der Waals surface area contributed by atoms with E-state index in [4.69, 9.17) is 5.73 Å². The van der Waals surface area contributed by atoms with Crippen molar-refractivity contribution >= 4 is 23.2 Å². The lowest BCUT2D eigenvalue weighted by Gasteiger charge is -2.14. The molecule has 7 heteroatoms. The topological polar surface area (TPSA) is 115 Å². The molecule has 23 heavy (non-hydrogen) atoms. The van der Waals surface area contributed by atoms with Gasteiger partial charge in [-0.25, -0.2) is 0 Å². The van der Waals surface area contributed by atoms with Crippen LogP contribution >= 0.6 is 0 Å². The van der Waals surface area contributed by atoms with Crippen molar-refractivity contribution in [2.75, 3.05) is 5.32 Å². The van der Waals surface area contributed by atoms with Gasteiger partial charge in [-0.05, 0) is 24.6 Å². The third kappa shape index (κ3) is 3.70. The van der Waals surface area contributed by atoms with E-state index in [1.54, 1.807) is 25.1 Å². The van der Waals surface area contributed by atoms with Gasteiger partial charge in [-0.3, -0.25) is 19.7 Å². The van der Waals surface area contributed by atoms with Crippen molar-refractivity contribution in [3.05, 3.63) is 69.8 Å². The smallest absolute Gasteiger partial charge is 0.269 e. The van der Waals surface area contributed by atoms with Crippen molar-refractivity contribution in [1.29, 1.82) is 0 Å². The van der Waals surface area contributed by atoms with Crippen molar-refractivity contribution in [3.8, 4) is 0 Å². The standard InChI is InChI=1S/C16H15N3O4/c1-10(11-6-8-12(9-7-11)19(22)23)16(21)18-14-5-3-2-4-13(14)15(17)20/h2-10H,1H3,(H2,17,20)(H,18,21)/t10-/m0/s1. The Bertz CT molecular complexity index is 756. The monoisotopic (exact) mass is 313 g/mol. The number of anilines is 1. The van der Waals surface area contributed by atoms with Crippen LogP contribution in [0.4, 0.5) is 11.4 Å². The van der Waals surface area contributed by atoms with Crippen LogP contribution in [0.5, 0.6) is 0 Å². The van der Waals surface area contributed by atoms with E-state index in [0.717, 1.165) is 0 Å². The predicted molar refractivity (Wildman–Crippen MR) is 85.1 cm³/mol. The van der Waals surface area contributed by atoms with Gasteiger partial charge < -0.3 is 11.1 Å². The summed E-state index contributed by atoms with van der Waals surface area (Å²) in [4.78, 5) is 33.8. The van der Waals surface area contributed by atoms with Crippen LogP contribution < -0.4 is 11.1 Å². The van der Waals surface area contributed by atoms with Crippen molar-refractivity contribution in [1.82, 2.24) is 0 Å².